The third-order valence-corrected chi connectivity index (χ3v) is 5.08. The van der Waals surface area contributed by atoms with Crippen molar-refractivity contribution in [2.24, 2.45) is 0 Å². The maximum absolute atomic E-state index is 12.9. The van der Waals surface area contributed by atoms with Crippen LogP contribution in [0.3, 0.4) is 0 Å². The van der Waals surface area contributed by atoms with E-state index in [2.05, 4.69) is 22.8 Å². The minimum Gasteiger partial charge on any atom is -0.321 e. The average molecular weight is 335 g/mol. The summed E-state index contributed by atoms with van der Waals surface area (Å²) in [6.07, 6.45) is 0. The van der Waals surface area contributed by atoms with Crippen LogP contribution in [0.15, 0.2) is 41.8 Å². The quantitative estimate of drug-likeness (QED) is 0.696. The van der Waals surface area contributed by atoms with Gasteiger partial charge >= 0.3 is 0 Å². The Bertz CT molecular complexity index is 622. The largest absolute Gasteiger partial charge is 0.321 e. The van der Waals surface area contributed by atoms with Crippen LogP contribution in [0.4, 0.5) is 10.1 Å². The molecular weight excluding hydrogens is 313 g/mol. The molecule has 1 saturated heterocycles. The number of rotatable bonds is 5. The summed E-state index contributed by atoms with van der Waals surface area (Å²) >= 11 is 1.81. The van der Waals surface area contributed by atoms with E-state index in [9.17, 15) is 9.18 Å². The monoisotopic (exact) mass is 335 g/mol. The van der Waals surface area contributed by atoms with Gasteiger partial charge in [0.05, 0.1) is 4.88 Å². The third-order valence-electron chi connectivity index (χ3n) is 4.21. The first-order chi connectivity index (χ1) is 11.2. The molecule has 0 atom stereocenters. The Balaban J connectivity index is 1.41. The molecule has 1 amide bonds. The SMILES string of the molecule is O=C(C[NH+]1CC[NH+](Cc2cccs2)CC1)Nc1ccc(F)cc1. The first-order valence-electron chi connectivity index (χ1n) is 7.94. The summed E-state index contributed by atoms with van der Waals surface area (Å²) < 4.78 is 12.9. The molecule has 4 nitrogen and oxygen atoms in total. The second kappa shape index (κ2) is 7.68. The Kier molecular flexibility index (Phi) is 5.38. The maximum Gasteiger partial charge on any atom is 0.279 e. The van der Waals surface area contributed by atoms with E-state index in [1.807, 2.05) is 11.3 Å². The molecule has 6 heteroatoms. The first kappa shape index (κ1) is 16.1. The second-order valence-electron chi connectivity index (χ2n) is 5.99. The van der Waals surface area contributed by atoms with Crippen molar-refractivity contribution in [2.45, 2.75) is 6.54 Å². The highest BCUT2D eigenvalue weighted by Gasteiger charge is 2.25. The lowest BCUT2D eigenvalue weighted by atomic mass is 10.3. The number of amides is 1. The Labute approximate surface area is 139 Å². The van der Waals surface area contributed by atoms with Gasteiger partial charge in [-0.3, -0.25) is 4.79 Å². The van der Waals surface area contributed by atoms with Crippen molar-refractivity contribution in [1.29, 1.82) is 0 Å². The molecule has 1 aromatic carbocycles. The number of piperazine rings is 1. The summed E-state index contributed by atoms with van der Waals surface area (Å²) in [6.45, 7) is 5.78. The van der Waals surface area contributed by atoms with Gasteiger partial charge in [-0.2, -0.15) is 0 Å². The highest BCUT2D eigenvalue weighted by atomic mass is 32.1. The Morgan fingerprint density at radius 2 is 1.78 bits per heavy atom. The molecule has 2 aromatic rings. The highest BCUT2D eigenvalue weighted by molar-refractivity contribution is 7.09. The minimum absolute atomic E-state index is 0.00619. The van der Waals surface area contributed by atoms with Crippen molar-refractivity contribution in [3.05, 3.63) is 52.5 Å². The zero-order valence-electron chi connectivity index (χ0n) is 13.0. The van der Waals surface area contributed by atoms with Gasteiger partial charge in [0.25, 0.3) is 5.91 Å². The maximum atomic E-state index is 12.9. The van der Waals surface area contributed by atoms with Crippen LogP contribution in [0.5, 0.6) is 0 Å². The van der Waals surface area contributed by atoms with Crippen LogP contribution >= 0.6 is 11.3 Å². The second-order valence-corrected chi connectivity index (χ2v) is 7.02. The molecule has 23 heavy (non-hydrogen) atoms. The molecule has 1 aliphatic heterocycles. The van der Waals surface area contributed by atoms with Crippen LogP contribution in [0.1, 0.15) is 4.88 Å². The fourth-order valence-corrected chi connectivity index (χ4v) is 3.71. The minimum atomic E-state index is -0.293. The van der Waals surface area contributed by atoms with E-state index < -0.39 is 0 Å². The fourth-order valence-electron chi connectivity index (χ4n) is 2.94. The lowest BCUT2D eigenvalue weighted by Gasteiger charge is -2.29. The average Bonchev–Trinajstić information content (AvgIpc) is 3.04. The molecule has 0 aliphatic carbocycles. The fraction of sp³-hybridized carbons (Fsp3) is 0.353. The molecule has 0 saturated carbocycles. The summed E-state index contributed by atoms with van der Waals surface area (Å²) in [4.78, 5) is 16.4. The zero-order chi connectivity index (χ0) is 16.1. The van der Waals surface area contributed by atoms with E-state index in [4.69, 9.17) is 0 Å². The molecule has 0 radical (unpaired) electrons. The van der Waals surface area contributed by atoms with Gasteiger partial charge in [-0.1, -0.05) is 6.07 Å². The van der Waals surface area contributed by atoms with Crippen molar-refractivity contribution in [2.75, 3.05) is 38.0 Å². The van der Waals surface area contributed by atoms with Crippen LogP contribution in [0.25, 0.3) is 0 Å². The molecule has 122 valence electrons. The molecule has 2 heterocycles. The van der Waals surface area contributed by atoms with E-state index in [0.717, 1.165) is 32.7 Å². The topological polar surface area (TPSA) is 38.0 Å². The van der Waals surface area contributed by atoms with Gasteiger partial charge in [0.1, 0.15) is 38.5 Å². The van der Waals surface area contributed by atoms with Crippen molar-refractivity contribution in [1.82, 2.24) is 0 Å². The highest BCUT2D eigenvalue weighted by Crippen LogP contribution is 2.07. The number of carbonyl (C=O) groups is 1. The van der Waals surface area contributed by atoms with Gasteiger partial charge in [-0.15, -0.1) is 11.3 Å². The van der Waals surface area contributed by atoms with E-state index in [-0.39, 0.29) is 11.7 Å². The van der Waals surface area contributed by atoms with Gasteiger partial charge in [-0.05, 0) is 35.7 Å². The number of hydrogen-bond acceptors (Lipinski definition) is 2. The molecular formula is C17H22FN3OS+2. The summed E-state index contributed by atoms with van der Waals surface area (Å²) in [5.74, 6) is -0.299. The lowest BCUT2D eigenvalue weighted by Crippen LogP contribution is -3.28. The number of thiophene rings is 1. The molecule has 1 aliphatic rings. The molecule has 1 fully saturated rings. The van der Waals surface area contributed by atoms with Crippen molar-refractivity contribution in [3.63, 3.8) is 0 Å². The van der Waals surface area contributed by atoms with Gasteiger partial charge in [0, 0.05) is 5.69 Å². The number of halogens is 1. The standard InChI is InChI=1S/C17H20FN3OS/c18-14-3-5-15(6-4-14)19-17(22)13-21-9-7-20(8-10-21)12-16-2-1-11-23-16/h1-6,11H,7-10,12-13H2,(H,19,22)/p+2. The third kappa shape index (κ3) is 4.86. The van der Waals surface area contributed by atoms with Crippen LogP contribution < -0.4 is 15.1 Å². The summed E-state index contributed by atoms with van der Waals surface area (Å²) in [5.41, 5.74) is 0.651. The predicted octanol–water partition coefficient (Wildman–Crippen LogP) is -0.191. The van der Waals surface area contributed by atoms with Gasteiger partial charge < -0.3 is 15.1 Å². The molecule has 0 unspecified atom stereocenters. The van der Waals surface area contributed by atoms with Gasteiger partial charge in [0.2, 0.25) is 0 Å². The number of carbonyl (C=O) groups excluding carboxylic acids is 1. The number of nitrogens with one attached hydrogen (secondary N) is 3. The summed E-state index contributed by atoms with van der Waals surface area (Å²) in [7, 11) is 0. The van der Waals surface area contributed by atoms with Crippen molar-refractivity contribution in [3.8, 4) is 0 Å². The zero-order valence-corrected chi connectivity index (χ0v) is 13.8. The van der Waals surface area contributed by atoms with Crippen LogP contribution in [-0.4, -0.2) is 38.6 Å². The summed E-state index contributed by atoms with van der Waals surface area (Å²) in [6, 6.07) is 10.2. The Morgan fingerprint density at radius 1 is 1.09 bits per heavy atom. The van der Waals surface area contributed by atoms with Crippen LogP contribution in [-0.2, 0) is 11.3 Å². The Hall–Kier alpha value is -1.76. The predicted molar refractivity (Wildman–Crippen MR) is 89.3 cm³/mol. The number of hydrogen-bond donors (Lipinski definition) is 3. The molecule has 3 N–H and O–H groups in total. The number of benzene rings is 1. The molecule has 3 rings (SSSR count). The normalized spacial score (nSPS) is 21.1. The summed E-state index contributed by atoms with van der Waals surface area (Å²) in [5, 5.41) is 4.95. The van der Waals surface area contributed by atoms with Crippen molar-refractivity contribution >= 4 is 22.9 Å². The Morgan fingerprint density at radius 3 is 2.43 bits per heavy atom. The molecule has 0 spiro atoms. The van der Waals surface area contributed by atoms with Crippen LogP contribution in [0, 0.1) is 5.82 Å². The smallest absolute Gasteiger partial charge is 0.279 e. The van der Waals surface area contributed by atoms with Gasteiger partial charge in [-0.25, -0.2) is 4.39 Å². The van der Waals surface area contributed by atoms with Crippen molar-refractivity contribution < 1.29 is 19.0 Å². The van der Waals surface area contributed by atoms with E-state index in [1.54, 1.807) is 17.0 Å². The van der Waals surface area contributed by atoms with Crippen LogP contribution in [0.2, 0.25) is 0 Å². The molecule has 0 bridgehead atoms. The van der Waals surface area contributed by atoms with Gasteiger partial charge in [0.15, 0.2) is 6.54 Å². The first-order valence-corrected chi connectivity index (χ1v) is 8.82. The van der Waals surface area contributed by atoms with E-state index in [1.165, 1.54) is 21.9 Å². The van der Waals surface area contributed by atoms with E-state index >= 15 is 0 Å². The molecule has 1 aromatic heterocycles. The van der Waals surface area contributed by atoms with E-state index in [0.29, 0.717) is 12.2 Å². The number of anilines is 1. The lowest BCUT2D eigenvalue weighted by molar-refractivity contribution is -1.01. The number of quaternary nitrogens is 2.